The van der Waals surface area contributed by atoms with Crippen LogP contribution in [-0.2, 0) is 9.59 Å². The summed E-state index contributed by atoms with van der Waals surface area (Å²) in [7, 11) is 0. The lowest BCUT2D eigenvalue weighted by Crippen LogP contribution is -2.32. The molecule has 5 heteroatoms. The van der Waals surface area contributed by atoms with Crippen LogP contribution in [0.25, 0.3) is 0 Å². The van der Waals surface area contributed by atoms with Crippen LogP contribution in [0.4, 0.5) is 0 Å². The molecular formula is C9H19N3O2. The maximum Gasteiger partial charge on any atom is 0.222 e. The Morgan fingerprint density at radius 2 is 2.07 bits per heavy atom. The highest BCUT2D eigenvalue weighted by Gasteiger charge is 2.11. The van der Waals surface area contributed by atoms with Crippen LogP contribution >= 0.6 is 0 Å². The average Bonchev–Trinajstić information content (AvgIpc) is 2.13. The monoisotopic (exact) mass is 201 g/mol. The van der Waals surface area contributed by atoms with Crippen LogP contribution in [0.15, 0.2) is 0 Å². The van der Waals surface area contributed by atoms with Gasteiger partial charge in [0.15, 0.2) is 0 Å². The second-order valence-electron chi connectivity index (χ2n) is 3.34. The van der Waals surface area contributed by atoms with Gasteiger partial charge in [-0.15, -0.1) is 0 Å². The summed E-state index contributed by atoms with van der Waals surface area (Å²) in [6.45, 7) is 2.76. The molecule has 0 aromatic rings. The van der Waals surface area contributed by atoms with Crippen molar-refractivity contribution < 1.29 is 9.59 Å². The minimum Gasteiger partial charge on any atom is -0.370 e. The molecule has 1 unspecified atom stereocenters. The molecule has 0 rings (SSSR count). The van der Waals surface area contributed by atoms with Gasteiger partial charge in [0.1, 0.15) is 0 Å². The van der Waals surface area contributed by atoms with Crippen molar-refractivity contribution in [2.45, 2.75) is 26.2 Å². The van der Waals surface area contributed by atoms with Gasteiger partial charge in [-0.05, 0) is 19.4 Å². The Balaban J connectivity index is 3.56. The number of carbonyl (C=O) groups excluding carboxylic acids is 2. The molecule has 1 atom stereocenters. The summed E-state index contributed by atoms with van der Waals surface area (Å²) in [5.74, 6) is -0.494. The van der Waals surface area contributed by atoms with E-state index >= 15 is 0 Å². The van der Waals surface area contributed by atoms with E-state index in [4.69, 9.17) is 11.5 Å². The summed E-state index contributed by atoms with van der Waals surface area (Å²) >= 11 is 0. The first-order chi connectivity index (χ1) is 6.57. The maximum atomic E-state index is 11.3. The first-order valence-corrected chi connectivity index (χ1v) is 4.84. The molecule has 5 nitrogen and oxygen atoms in total. The SMILES string of the molecule is CC(CCCN)C(=O)NCCC(N)=O. The number of nitrogens with two attached hydrogens (primary N) is 2. The highest BCUT2D eigenvalue weighted by molar-refractivity contribution is 5.79. The van der Waals surface area contributed by atoms with Gasteiger partial charge >= 0.3 is 0 Å². The van der Waals surface area contributed by atoms with Crippen molar-refractivity contribution in [1.29, 1.82) is 0 Å². The van der Waals surface area contributed by atoms with Gasteiger partial charge < -0.3 is 16.8 Å². The van der Waals surface area contributed by atoms with Crippen LogP contribution in [0, 0.1) is 5.92 Å². The molecule has 82 valence electrons. The van der Waals surface area contributed by atoms with Gasteiger partial charge in [-0.1, -0.05) is 6.92 Å². The third kappa shape index (κ3) is 6.42. The molecule has 5 N–H and O–H groups in total. The van der Waals surface area contributed by atoms with E-state index < -0.39 is 5.91 Å². The van der Waals surface area contributed by atoms with Crippen molar-refractivity contribution >= 4 is 11.8 Å². The van der Waals surface area contributed by atoms with Gasteiger partial charge in [0, 0.05) is 18.9 Å². The van der Waals surface area contributed by atoms with Gasteiger partial charge in [0.2, 0.25) is 11.8 Å². The molecule has 2 amide bonds. The van der Waals surface area contributed by atoms with Crippen LogP contribution in [0.1, 0.15) is 26.2 Å². The molecule has 0 bridgehead atoms. The molecule has 14 heavy (non-hydrogen) atoms. The third-order valence-corrected chi connectivity index (χ3v) is 1.96. The van der Waals surface area contributed by atoms with E-state index in [1.807, 2.05) is 6.92 Å². The minimum absolute atomic E-state index is 0.0419. The summed E-state index contributed by atoms with van der Waals surface area (Å²) in [6.07, 6.45) is 1.80. The summed E-state index contributed by atoms with van der Waals surface area (Å²) in [4.78, 5) is 21.7. The Morgan fingerprint density at radius 1 is 1.43 bits per heavy atom. The average molecular weight is 201 g/mol. The van der Waals surface area contributed by atoms with Gasteiger partial charge in [0.25, 0.3) is 0 Å². The number of rotatable bonds is 7. The van der Waals surface area contributed by atoms with E-state index in [0.717, 1.165) is 12.8 Å². The quantitative estimate of drug-likeness (QED) is 0.510. The molecule has 0 fully saturated rings. The van der Waals surface area contributed by atoms with E-state index in [1.54, 1.807) is 0 Å². The Hall–Kier alpha value is -1.10. The molecule has 0 radical (unpaired) electrons. The van der Waals surface area contributed by atoms with Crippen molar-refractivity contribution in [3.8, 4) is 0 Å². The zero-order valence-electron chi connectivity index (χ0n) is 8.58. The molecule has 0 saturated carbocycles. The highest BCUT2D eigenvalue weighted by atomic mass is 16.2. The summed E-state index contributed by atoms with van der Waals surface area (Å²) in [6, 6.07) is 0. The predicted octanol–water partition coefficient (Wildman–Crippen LogP) is -0.647. The van der Waals surface area contributed by atoms with E-state index in [2.05, 4.69) is 5.32 Å². The lowest BCUT2D eigenvalue weighted by molar-refractivity contribution is -0.124. The molecule has 0 spiro atoms. The van der Waals surface area contributed by atoms with Gasteiger partial charge in [-0.25, -0.2) is 0 Å². The topological polar surface area (TPSA) is 98.2 Å². The zero-order chi connectivity index (χ0) is 11.0. The molecule has 0 heterocycles. The number of carbonyl (C=O) groups is 2. The molecule has 0 aliphatic heterocycles. The third-order valence-electron chi connectivity index (χ3n) is 1.96. The number of nitrogens with one attached hydrogen (secondary N) is 1. The van der Waals surface area contributed by atoms with E-state index in [-0.39, 0.29) is 18.2 Å². The van der Waals surface area contributed by atoms with Crippen molar-refractivity contribution in [3.05, 3.63) is 0 Å². The lowest BCUT2D eigenvalue weighted by atomic mass is 10.1. The largest absolute Gasteiger partial charge is 0.370 e. The number of hydrogen-bond donors (Lipinski definition) is 3. The first-order valence-electron chi connectivity index (χ1n) is 4.84. The Bertz CT molecular complexity index is 194. The van der Waals surface area contributed by atoms with Crippen LogP contribution in [-0.4, -0.2) is 24.9 Å². The zero-order valence-corrected chi connectivity index (χ0v) is 8.58. The standard InChI is InChI=1S/C9H19N3O2/c1-7(3-2-5-10)9(14)12-6-4-8(11)13/h7H,2-6,10H2,1H3,(H2,11,13)(H,12,14). The number of amides is 2. The second-order valence-corrected chi connectivity index (χ2v) is 3.34. The Kier molecular flexibility index (Phi) is 6.74. The molecular weight excluding hydrogens is 182 g/mol. The summed E-state index contributed by atoms with van der Waals surface area (Å²) in [5, 5.41) is 2.64. The van der Waals surface area contributed by atoms with E-state index in [0.29, 0.717) is 13.1 Å². The molecule has 0 aliphatic carbocycles. The van der Waals surface area contributed by atoms with Crippen LogP contribution in [0.2, 0.25) is 0 Å². The van der Waals surface area contributed by atoms with Crippen molar-refractivity contribution in [1.82, 2.24) is 5.32 Å². The van der Waals surface area contributed by atoms with Crippen molar-refractivity contribution in [3.63, 3.8) is 0 Å². The summed E-state index contributed by atoms with van der Waals surface area (Å²) < 4.78 is 0. The fourth-order valence-electron chi connectivity index (χ4n) is 1.04. The second kappa shape index (κ2) is 7.32. The first kappa shape index (κ1) is 12.9. The highest BCUT2D eigenvalue weighted by Crippen LogP contribution is 2.03. The Morgan fingerprint density at radius 3 is 2.57 bits per heavy atom. The maximum absolute atomic E-state index is 11.3. The molecule has 0 saturated heterocycles. The van der Waals surface area contributed by atoms with Gasteiger partial charge in [0.05, 0.1) is 0 Å². The van der Waals surface area contributed by atoms with Crippen LogP contribution < -0.4 is 16.8 Å². The van der Waals surface area contributed by atoms with E-state index in [1.165, 1.54) is 0 Å². The lowest BCUT2D eigenvalue weighted by Gasteiger charge is -2.10. The predicted molar refractivity (Wildman–Crippen MR) is 54.3 cm³/mol. The number of hydrogen-bond acceptors (Lipinski definition) is 3. The summed E-state index contributed by atoms with van der Waals surface area (Å²) in [5.41, 5.74) is 10.3. The molecule has 0 aliphatic rings. The fourth-order valence-corrected chi connectivity index (χ4v) is 1.04. The smallest absolute Gasteiger partial charge is 0.222 e. The fraction of sp³-hybridized carbons (Fsp3) is 0.778. The van der Waals surface area contributed by atoms with Crippen molar-refractivity contribution in [2.24, 2.45) is 17.4 Å². The van der Waals surface area contributed by atoms with Crippen molar-refractivity contribution in [2.75, 3.05) is 13.1 Å². The number of primary amides is 1. The van der Waals surface area contributed by atoms with Crippen LogP contribution in [0.3, 0.4) is 0 Å². The van der Waals surface area contributed by atoms with Gasteiger partial charge in [-0.3, -0.25) is 9.59 Å². The normalized spacial score (nSPS) is 12.1. The van der Waals surface area contributed by atoms with Gasteiger partial charge in [-0.2, -0.15) is 0 Å². The minimum atomic E-state index is -0.403. The van der Waals surface area contributed by atoms with Crippen LogP contribution in [0.5, 0.6) is 0 Å². The molecule has 0 aromatic carbocycles. The van der Waals surface area contributed by atoms with E-state index in [9.17, 15) is 9.59 Å². The molecule has 0 aromatic heterocycles. The Labute approximate surface area is 84.2 Å².